The predicted molar refractivity (Wildman–Crippen MR) is 86.5 cm³/mol. The van der Waals surface area contributed by atoms with E-state index in [0.717, 1.165) is 4.68 Å². The molecular weight excluding hydrogens is 329 g/mol. The number of hydrazine groups is 1. The van der Waals surface area contributed by atoms with Crippen LogP contribution in [0.1, 0.15) is 0 Å². The molecule has 0 saturated carbocycles. The van der Waals surface area contributed by atoms with E-state index in [-0.39, 0.29) is 10.7 Å². The van der Waals surface area contributed by atoms with E-state index >= 15 is 0 Å². The van der Waals surface area contributed by atoms with Gasteiger partial charge in [-0.25, -0.2) is 14.9 Å². The first kappa shape index (κ1) is 16.1. The molecule has 0 aliphatic rings. The lowest BCUT2D eigenvalue weighted by Gasteiger charge is -2.21. The number of urea groups is 1. The molecule has 0 fully saturated rings. The van der Waals surface area contributed by atoms with Crippen molar-refractivity contribution in [2.45, 2.75) is 0 Å². The largest absolute Gasteiger partial charge is 0.338 e. The van der Waals surface area contributed by atoms with E-state index in [1.807, 2.05) is 0 Å². The number of carbonyl (C=O) groups is 1. The molecule has 0 radical (unpaired) electrons. The van der Waals surface area contributed by atoms with Crippen LogP contribution in [0.4, 0.5) is 16.2 Å². The van der Waals surface area contributed by atoms with E-state index in [2.05, 4.69) is 15.8 Å². The van der Waals surface area contributed by atoms with Crippen molar-refractivity contribution in [1.29, 1.82) is 0 Å². The summed E-state index contributed by atoms with van der Waals surface area (Å²) in [7, 11) is 3.03. The Bertz CT molecular complexity index is 745. The van der Waals surface area contributed by atoms with Crippen LogP contribution in [0.3, 0.4) is 0 Å². The highest BCUT2D eigenvalue weighted by Crippen LogP contribution is 2.18. The van der Waals surface area contributed by atoms with E-state index in [1.165, 1.54) is 18.3 Å². The molecule has 7 nitrogen and oxygen atoms in total. The number of anilines is 2. The van der Waals surface area contributed by atoms with Crippen molar-refractivity contribution in [2.75, 3.05) is 17.4 Å². The van der Waals surface area contributed by atoms with E-state index in [0.29, 0.717) is 10.7 Å². The number of aryl methyl sites for hydroxylation is 1. The number of amides is 2. The molecule has 22 heavy (non-hydrogen) atoms. The van der Waals surface area contributed by atoms with E-state index < -0.39 is 11.6 Å². The lowest BCUT2D eigenvalue weighted by atomic mass is 10.3. The van der Waals surface area contributed by atoms with Gasteiger partial charge in [0.2, 0.25) is 0 Å². The fourth-order valence-electron chi connectivity index (χ4n) is 1.64. The van der Waals surface area contributed by atoms with Crippen LogP contribution in [-0.4, -0.2) is 22.9 Å². The topological polar surface area (TPSA) is 79.3 Å². The molecule has 2 aromatic rings. The molecule has 2 rings (SSSR count). The maximum atomic E-state index is 11.9. The summed E-state index contributed by atoms with van der Waals surface area (Å²) in [6.45, 7) is 0. The van der Waals surface area contributed by atoms with Gasteiger partial charge in [0.25, 0.3) is 5.56 Å². The Balaban J connectivity index is 2.07. The Labute approximate surface area is 136 Å². The average Bonchev–Trinajstić information content (AvgIpc) is 2.47. The second-order valence-electron chi connectivity index (χ2n) is 4.40. The molecule has 0 atom stereocenters. The lowest BCUT2D eigenvalue weighted by Crippen LogP contribution is -2.43. The molecule has 2 amide bonds. The van der Waals surface area contributed by atoms with Crippen LogP contribution in [0.2, 0.25) is 10.0 Å². The molecule has 0 aliphatic carbocycles. The minimum Gasteiger partial charge on any atom is -0.307 e. The summed E-state index contributed by atoms with van der Waals surface area (Å²) in [6.07, 6.45) is 1.38. The molecule has 0 unspecified atom stereocenters. The average molecular weight is 342 g/mol. The Hall–Kier alpha value is -2.25. The summed E-state index contributed by atoms with van der Waals surface area (Å²) >= 11 is 11.7. The van der Waals surface area contributed by atoms with Crippen molar-refractivity contribution in [3.8, 4) is 0 Å². The molecular formula is C13H13Cl2N5O2. The smallest absolute Gasteiger partial charge is 0.307 e. The lowest BCUT2D eigenvalue weighted by molar-refractivity contribution is 0.251. The minimum atomic E-state index is -0.499. The second-order valence-corrected chi connectivity index (χ2v) is 5.22. The maximum absolute atomic E-state index is 11.9. The Morgan fingerprint density at radius 1 is 1.27 bits per heavy atom. The summed E-state index contributed by atoms with van der Waals surface area (Å²) in [6, 6.07) is 6.13. The van der Waals surface area contributed by atoms with Crippen molar-refractivity contribution in [2.24, 2.45) is 7.05 Å². The molecule has 1 aromatic carbocycles. The number of hydrogen-bond donors (Lipinski definition) is 2. The van der Waals surface area contributed by atoms with Gasteiger partial charge in [-0.3, -0.25) is 9.80 Å². The highest BCUT2D eigenvalue weighted by molar-refractivity contribution is 6.33. The number of nitrogens with zero attached hydrogens (tertiary/aromatic N) is 3. The first-order valence-corrected chi connectivity index (χ1v) is 6.93. The first-order chi connectivity index (χ1) is 10.4. The monoisotopic (exact) mass is 341 g/mol. The first-order valence-electron chi connectivity index (χ1n) is 6.17. The Morgan fingerprint density at radius 3 is 2.55 bits per heavy atom. The van der Waals surface area contributed by atoms with Gasteiger partial charge in [-0.15, -0.1) is 0 Å². The highest BCUT2D eigenvalue weighted by atomic mass is 35.5. The number of hydrogen-bond acceptors (Lipinski definition) is 4. The second kappa shape index (κ2) is 6.67. The van der Waals surface area contributed by atoms with Crippen molar-refractivity contribution in [1.82, 2.24) is 15.2 Å². The third-order valence-corrected chi connectivity index (χ3v) is 3.40. The summed E-state index contributed by atoms with van der Waals surface area (Å²) in [5, 5.41) is 8.31. The summed E-state index contributed by atoms with van der Waals surface area (Å²) in [5.41, 5.74) is 2.93. The van der Waals surface area contributed by atoms with Crippen molar-refractivity contribution in [3.05, 3.63) is 50.9 Å². The third kappa shape index (κ3) is 3.69. The normalized spacial score (nSPS) is 10.2. The fourth-order valence-corrected chi connectivity index (χ4v) is 2.06. The molecule has 9 heteroatoms. The van der Waals surface area contributed by atoms with Crippen LogP contribution < -0.4 is 21.3 Å². The van der Waals surface area contributed by atoms with Crippen LogP contribution in [-0.2, 0) is 7.05 Å². The summed E-state index contributed by atoms with van der Waals surface area (Å²) in [4.78, 5) is 23.6. The molecule has 0 spiro atoms. The zero-order valence-corrected chi connectivity index (χ0v) is 13.3. The van der Waals surface area contributed by atoms with Gasteiger partial charge in [-0.05, 0) is 24.3 Å². The SMILES string of the molecule is CN(NC(=O)Nc1ccc(Cl)cc1)c1cnn(C)c(=O)c1Cl. The number of rotatable bonds is 3. The van der Waals surface area contributed by atoms with E-state index in [9.17, 15) is 9.59 Å². The number of halogens is 2. The van der Waals surface area contributed by atoms with Crippen molar-refractivity contribution < 1.29 is 4.79 Å². The molecule has 0 saturated heterocycles. The fraction of sp³-hybridized carbons (Fsp3) is 0.154. The number of aromatic nitrogens is 2. The molecule has 1 aromatic heterocycles. The van der Waals surface area contributed by atoms with Gasteiger partial charge < -0.3 is 5.32 Å². The van der Waals surface area contributed by atoms with Crippen LogP contribution in [0, 0.1) is 0 Å². The third-order valence-electron chi connectivity index (χ3n) is 2.79. The molecule has 116 valence electrons. The van der Waals surface area contributed by atoms with E-state index in [4.69, 9.17) is 23.2 Å². The van der Waals surface area contributed by atoms with Gasteiger partial charge in [-0.1, -0.05) is 23.2 Å². The van der Waals surface area contributed by atoms with E-state index in [1.54, 1.807) is 31.3 Å². The van der Waals surface area contributed by atoms with Crippen LogP contribution in [0.5, 0.6) is 0 Å². The number of nitrogens with one attached hydrogen (secondary N) is 2. The Kier molecular flexibility index (Phi) is 4.89. The summed E-state index contributed by atoms with van der Waals surface area (Å²) in [5.74, 6) is 0. The van der Waals surface area contributed by atoms with Gasteiger partial charge >= 0.3 is 6.03 Å². The van der Waals surface area contributed by atoms with Crippen LogP contribution in [0.25, 0.3) is 0 Å². The van der Waals surface area contributed by atoms with Gasteiger partial charge in [0.1, 0.15) is 10.7 Å². The zero-order valence-electron chi connectivity index (χ0n) is 11.8. The molecule has 0 bridgehead atoms. The number of benzene rings is 1. The summed E-state index contributed by atoms with van der Waals surface area (Å²) < 4.78 is 1.10. The van der Waals surface area contributed by atoms with Gasteiger partial charge in [0, 0.05) is 24.8 Å². The Morgan fingerprint density at radius 2 is 1.91 bits per heavy atom. The van der Waals surface area contributed by atoms with Gasteiger partial charge in [0.05, 0.1) is 6.20 Å². The molecule has 2 N–H and O–H groups in total. The zero-order chi connectivity index (χ0) is 16.3. The molecule has 1 heterocycles. The van der Waals surface area contributed by atoms with Crippen LogP contribution in [0.15, 0.2) is 35.3 Å². The maximum Gasteiger partial charge on any atom is 0.338 e. The minimum absolute atomic E-state index is 0.0354. The van der Waals surface area contributed by atoms with Crippen molar-refractivity contribution >= 4 is 40.6 Å². The standard InChI is InChI=1S/C13H13Cl2N5O2/c1-19(10-7-16-20(2)12(21)11(10)15)18-13(22)17-9-5-3-8(14)4-6-9/h3-7H,1-2H3,(H2,17,18,22). The predicted octanol–water partition coefficient (Wildman–Crippen LogP) is 2.26. The molecule has 0 aliphatic heterocycles. The quantitative estimate of drug-likeness (QED) is 0.839. The van der Waals surface area contributed by atoms with Gasteiger partial charge in [0.15, 0.2) is 0 Å². The van der Waals surface area contributed by atoms with Crippen molar-refractivity contribution in [3.63, 3.8) is 0 Å². The van der Waals surface area contributed by atoms with Gasteiger partial charge in [-0.2, -0.15) is 5.10 Å². The van der Waals surface area contributed by atoms with Crippen LogP contribution >= 0.6 is 23.2 Å². The number of carbonyl (C=O) groups excluding carboxylic acids is 1. The highest BCUT2D eigenvalue weighted by Gasteiger charge is 2.13.